The van der Waals surface area contributed by atoms with Gasteiger partial charge in [0.15, 0.2) is 10.8 Å². The third-order valence-corrected chi connectivity index (χ3v) is 1.80. The van der Waals surface area contributed by atoms with Gasteiger partial charge in [-0.1, -0.05) is 11.3 Å². The van der Waals surface area contributed by atoms with Crippen LogP contribution in [0.1, 0.15) is 0 Å². The predicted octanol–water partition coefficient (Wildman–Crippen LogP) is 1.80. The van der Waals surface area contributed by atoms with Crippen molar-refractivity contribution in [2.75, 3.05) is 0 Å². The fourth-order valence-electron chi connectivity index (χ4n) is 0.681. The van der Waals surface area contributed by atoms with Crippen LogP contribution in [0.4, 0.5) is 0 Å². The van der Waals surface area contributed by atoms with E-state index in [0.29, 0.717) is 0 Å². The maximum absolute atomic E-state index is 5.09. The summed E-state index contributed by atoms with van der Waals surface area (Å²) in [7, 11) is 0. The van der Waals surface area contributed by atoms with Crippen molar-refractivity contribution in [1.29, 1.82) is 0 Å². The Balaban J connectivity index is 2.48. The van der Waals surface area contributed by atoms with Crippen LogP contribution in [0, 0.1) is 0 Å². The first kappa shape index (κ1) is 5.61. The van der Waals surface area contributed by atoms with Crippen LogP contribution in [0.5, 0.6) is 0 Å². The minimum absolute atomic E-state index is 0.780. The van der Waals surface area contributed by atoms with Gasteiger partial charge in [-0.15, -0.1) is 10.2 Å². The van der Waals surface area contributed by atoms with Crippen molar-refractivity contribution in [3.05, 3.63) is 23.9 Å². The Hall–Kier alpha value is -1.16. The molecule has 0 spiro atoms. The molecule has 2 heterocycles. The predicted molar refractivity (Wildman–Crippen MR) is 37.6 cm³/mol. The molecule has 0 radical (unpaired) electrons. The summed E-state index contributed by atoms with van der Waals surface area (Å²) in [4.78, 5) is 0. The highest BCUT2D eigenvalue weighted by atomic mass is 32.1. The van der Waals surface area contributed by atoms with Crippen LogP contribution in [0.15, 0.2) is 28.3 Å². The van der Waals surface area contributed by atoms with Crippen molar-refractivity contribution in [3.8, 4) is 10.8 Å². The zero-order valence-corrected chi connectivity index (χ0v) is 5.84. The number of aromatic nitrogens is 2. The van der Waals surface area contributed by atoms with E-state index in [-0.39, 0.29) is 0 Å². The highest BCUT2D eigenvalue weighted by Gasteiger charge is 2.01. The Morgan fingerprint density at radius 1 is 1.50 bits per heavy atom. The van der Waals surface area contributed by atoms with Gasteiger partial charge in [0, 0.05) is 0 Å². The fraction of sp³-hybridized carbons (Fsp3) is 0. The quantitative estimate of drug-likeness (QED) is 0.625. The molecule has 0 bridgehead atoms. The lowest BCUT2D eigenvalue weighted by atomic mass is 10.5. The normalized spacial score (nSPS) is 10.0. The molecule has 0 unspecified atom stereocenters. The molecule has 0 saturated heterocycles. The summed E-state index contributed by atoms with van der Waals surface area (Å²) in [6.45, 7) is 0. The summed E-state index contributed by atoms with van der Waals surface area (Å²) in [6, 6.07) is 3.69. The Bertz CT molecular complexity index is 255. The minimum Gasteiger partial charge on any atom is -0.462 e. The third-order valence-electron chi connectivity index (χ3n) is 1.09. The van der Waals surface area contributed by atoms with E-state index in [4.69, 9.17) is 4.42 Å². The first-order valence-electron chi connectivity index (χ1n) is 2.77. The highest BCUT2D eigenvalue weighted by molar-refractivity contribution is 7.12. The fourth-order valence-corrected chi connectivity index (χ4v) is 1.20. The van der Waals surface area contributed by atoms with Crippen LogP contribution in [0.2, 0.25) is 0 Å². The van der Waals surface area contributed by atoms with E-state index in [1.807, 2.05) is 12.1 Å². The molecule has 0 aliphatic carbocycles. The number of rotatable bonds is 1. The molecule has 0 aliphatic heterocycles. The lowest BCUT2D eigenvalue weighted by Gasteiger charge is -1.81. The Labute approximate surface area is 61.3 Å². The van der Waals surface area contributed by atoms with Gasteiger partial charge in [0.05, 0.1) is 6.26 Å². The molecule has 0 amide bonds. The molecule has 0 aromatic carbocycles. The number of furan rings is 1. The first-order valence-corrected chi connectivity index (χ1v) is 3.65. The van der Waals surface area contributed by atoms with Crippen molar-refractivity contribution < 1.29 is 4.42 Å². The molecule has 3 nitrogen and oxygen atoms in total. The van der Waals surface area contributed by atoms with E-state index in [2.05, 4.69) is 10.2 Å². The molecule has 50 valence electrons. The second-order valence-corrected chi connectivity index (χ2v) is 2.55. The lowest BCUT2D eigenvalue weighted by molar-refractivity contribution is 0.581. The van der Waals surface area contributed by atoms with E-state index in [0.717, 1.165) is 10.8 Å². The van der Waals surface area contributed by atoms with Crippen LogP contribution in [-0.2, 0) is 0 Å². The van der Waals surface area contributed by atoms with Gasteiger partial charge < -0.3 is 4.42 Å². The van der Waals surface area contributed by atoms with Crippen LogP contribution in [0.3, 0.4) is 0 Å². The zero-order chi connectivity index (χ0) is 6.81. The van der Waals surface area contributed by atoms with E-state index >= 15 is 0 Å². The summed E-state index contributed by atoms with van der Waals surface area (Å²) >= 11 is 1.46. The maximum Gasteiger partial charge on any atom is 0.183 e. The van der Waals surface area contributed by atoms with E-state index in [9.17, 15) is 0 Å². The minimum atomic E-state index is 0.780. The zero-order valence-electron chi connectivity index (χ0n) is 5.02. The monoisotopic (exact) mass is 152 g/mol. The summed E-state index contributed by atoms with van der Waals surface area (Å²) in [5.74, 6) is 0.780. The van der Waals surface area contributed by atoms with E-state index < -0.39 is 0 Å². The van der Waals surface area contributed by atoms with Gasteiger partial charge in [0.1, 0.15) is 5.51 Å². The third kappa shape index (κ3) is 0.823. The average molecular weight is 152 g/mol. The molecule has 0 fully saturated rings. The standard InChI is InChI=1S/C6H4N2OS/c1-2-5(9-3-1)6-8-7-4-10-6/h1-4H. The van der Waals surface area contributed by atoms with Crippen molar-refractivity contribution in [2.45, 2.75) is 0 Å². The molecule has 2 aromatic heterocycles. The van der Waals surface area contributed by atoms with Crippen molar-refractivity contribution in [2.24, 2.45) is 0 Å². The highest BCUT2D eigenvalue weighted by Crippen LogP contribution is 2.19. The summed E-state index contributed by atoms with van der Waals surface area (Å²) in [6.07, 6.45) is 1.62. The van der Waals surface area contributed by atoms with Gasteiger partial charge in [-0.25, -0.2) is 0 Å². The average Bonchev–Trinajstić information content (AvgIpc) is 2.59. The topological polar surface area (TPSA) is 38.9 Å². The second-order valence-electron chi connectivity index (χ2n) is 1.72. The van der Waals surface area contributed by atoms with Crippen LogP contribution < -0.4 is 0 Å². The van der Waals surface area contributed by atoms with Gasteiger partial charge in [-0.2, -0.15) is 0 Å². The van der Waals surface area contributed by atoms with Gasteiger partial charge in [-0.05, 0) is 12.1 Å². The van der Waals surface area contributed by atoms with Crippen molar-refractivity contribution in [3.63, 3.8) is 0 Å². The number of hydrogen-bond donors (Lipinski definition) is 0. The molecule has 0 N–H and O–H groups in total. The van der Waals surface area contributed by atoms with Gasteiger partial charge >= 0.3 is 0 Å². The number of hydrogen-bond acceptors (Lipinski definition) is 4. The van der Waals surface area contributed by atoms with Gasteiger partial charge in [0.2, 0.25) is 0 Å². The molecule has 4 heteroatoms. The summed E-state index contributed by atoms with van der Waals surface area (Å²) < 4.78 is 5.09. The van der Waals surface area contributed by atoms with Crippen LogP contribution in [0.25, 0.3) is 10.8 Å². The van der Waals surface area contributed by atoms with E-state index in [1.54, 1.807) is 11.8 Å². The molecular weight excluding hydrogens is 148 g/mol. The van der Waals surface area contributed by atoms with E-state index in [1.165, 1.54) is 11.3 Å². The van der Waals surface area contributed by atoms with Crippen molar-refractivity contribution >= 4 is 11.3 Å². The molecule has 0 saturated carbocycles. The second kappa shape index (κ2) is 2.22. The van der Waals surface area contributed by atoms with Gasteiger partial charge in [-0.3, -0.25) is 0 Å². The summed E-state index contributed by atoms with van der Waals surface area (Å²) in [5, 5.41) is 8.34. The maximum atomic E-state index is 5.09. The Morgan fingerprint density at radius 2 is 2.50 bits per heavy atom. The van der Waals surface area contributed by atoms with Crippen molar-refractivity contribution in [1.82, 2.24) is 10.2 Å². The van der Waals surface area contributed by atoms with Crippen LogP contribution in [-0.4, -0.2) is 10.2 Å². The Morgan fingerprint density at radius 3 is 3.10 bits per heavy atom. The largest absolute Gasteiger partial charge is 0.462 e. The van der Waals surface area contributed by atoms with Gasteiger partial charge in [0.25, 0.3) is 0 Å². The van der Waals surface area contributed by atoms with Crippen LogP contribution >= 0.6 is 11.3 Å². The summed E-state index contributed by atoms with van der Waals surface area (Å²) in [5.41, 5.74) is 1.68. The smallest absolute Gasteiger partial charge is 0.183 e. The molecule has 2 aromatic rings. The SMILES string of the molecule is c1coc(-c2nncs2)c1. The first-order chi connectivity index (χ1) is 4.97. The Kier molecular flexibility index (Phi) is 1.25. The molecule has 10 heavy (non-hydrogen) atoms. The lowest BCUT2D eigenvalue weighted by Crippen LogP contribution is -1.69. The molecule has 0 atom stereocenters. The molecular formula is C6H4N2OS. The number of nitrogens with zero attached hydrogens (tertiary/aromatic N) is 2. The molecule has 0 aliphatic rings. The molecule has 2 rings (SSSR count).